The van der Waals surface area contributed by atoms with Crippen LogP contribution in [0, 0.1) is 0 Å². The number of carbonyl (C=O) groups is 1. The Balaban J connectivity index is 3.17. The van der Waals surface area contributed by atoms with E-state index in [9.17, 15) is 4.79 Å². The number of ether oxygens (including phenoxy) is 1. The Hall–Kier alpha value is -1.31. The van der Waals surface area contributed by atoms with E-state index >= 15 is 0 Å². The summed E-state index contributed by atoms with van der Waals surface area (Å²) in [5, 5.41) is 0. The molecule has 0 atom stereocenters. The number of hydrogen-bond donors (Lipinski definition) is 0. The van der Waals surface area contributed by atoms with Gasteiger partial charge in [0.15, 0.2) is 5.78 Å². The predicted octanol–water partition coefficient (Wildman–Crippen LogP) is 4.37. The monoisotopic (exact) mass is 248 g/mol. The highest BCUT2D eigenvalue weighted by atomic mass is 16.5. The molecule has 0 amide bonds. The number of hydrogen-bond acceptors (Lipinski definition) is 2. The summed E-state index contributed by atoms with van der Waals surface area (Å²) < 4.78 is 5.65. The maximum absolute atomic E-state index is 12.0. The van der Waals surface area contributed by atoms with Crippen LogP contribution in [0.2, 0.25) is 0 Å². The fourth-order valence-electron chi connectivity index (χ4n) is 1.94. The second-order valence-electron chi connectivity index (χ2n) is 5.57. The lowest BCUT2D eigenvalue weighted by Crippen LogP contribution is -2.15. The van der Waals surface area contributed by atoms with Crippen LogP contribution in [0.5, 0.6) is 5.75 Å². The third kappa shape index (κ3) is 3.59. The maximum atomic E-state index is 12.0. The minimum Gasteiger partial charge on any atom is -0.494 e. The van der Waals surface area contributed by atoms with Crippen molar-refractivity contribution >= 4 is 5.78 Å². The lowest BCUT2D eigenvalue weighted by atomic mass is 9.84. The van der Waals surface area contributed by atoms with Gasteiger partial charge < -0.3 is 4.74 Å². The van der Waals surface area contributed by atoms with Gasteiger partial charge in [0.25, 0.3) is 0 Å². The zero-order valence-corrected chi connectivity index (χ0v) is 12.2. The normalized spacial score (nSPS) is 11.4. The van der Waals surface area contributed by atoms with Gasteiger partial charge in [-0.2, -0.15) is 0 Å². The Morgan fingerprint density at radius 1 is 1.22 bits per heavy atom. The summed E-state index contributed by atoms with van der Waals surface area (Å²) in [6, 6.07) is 5.79. The van der Waals surface area contributed by atoms with Crippen molar-refractivity contribution in [3.05, 3.63) is 29.3 Å². The van der Waals surface area contributed by atoms with Crippen LogP contribution in [-0.2, 0) is 5.41 Å². The molecule has 2 nitrogen and oxygen atoms in total. The van der Waals surface area contributed by atoms with E-state index in [0.717, 1.165) is 23.3 Å². The largest absolute Gasteiger partial charge is 0.494 e. The van der Waals surface area contributed by atoms with Crippen molar-refractivity contribution in [2.75, 3.05) is 6.61 Å². The van der Waals surface area contributed by atoms with Gasteiger partial charge in [-0.1, -0.05) is 27.7 Å². The van der Waals surface area contributed by atoms with Crippen molar-refractivity contribution in [2.24, 2.45) is 0 Å². The molecule has 0 aliphatic carbocycles. The Labute approximate surface area is 110 Å². The van der Waals surface area contributed by atoms with Gasteiger partial charge in [0, 0.05) is 17.5 Å². The Kier molecular flexibility index (Phi) is 4.94. The predicted molar refractivity (Wildman–Crippen MR) is 75.5 cm³/mol. The molecule has 0 aliphatic rings. The number of rotatable bonds is 5. The third-order valence-corrected chi connectivity index (χ3v) is 2.89. The van der Waals surface area contributed by atoms with Crippen LogP contribution >= 0.6 is 0 Å². The molecular formula is C16H24O2. The first-order valence-electron chi connectivity index (χ1n) is 6.70. The quantitative estimate of drug-likeness (QED) is 0.723. The molecule has 2 heteroatoms. The molecule has 0 N–H and O–H groups in total. The Bertz CT molecular complexity index is 414. The average Bonchev–Trinajstić information content (AvgIpc) is 2.28. The van der Waals surface area contributed by atoms with E-state index in [-0.39, 0.29) is 11.2 Å². The third-order valence-electron chi connectivity index (χ3n) is 2.89. The minimum absolute atomic E-state index is 0.0208. The van der Waals surface area contributed by atoms with Crippen molar-refractivity contribution in [3.8, 4) is 5.75 Å². The summed E-state index contributed by atoms with van der Waals surface area (Å²) in [5.74, 6) is 1.10. The average molecular weight is 248 g/mol. The van der Waals surface area contributed by atoms with Gasteiger partial charge in [0.2, 0.25) is 0 Å². The highest BCUT2D eigenvalue weighted by Gasteiger charge is 2.20. The molecule has 100 valence electrons. The van der Waals surface area contributed by atoms with Crippen LogP contribution in [0.3, 0.4) is 0 Å². The first-order valence-corrected chi connectivity index (χ1v) is 6.70. The second-order valence-corrected chi connectivity index (χ2v) is 5.57. The first kappa shape index (κ1) is 14.7. The van der Waals surface area contributed by atoms with Crippen LogP contribution in [0.1, 0.15) is 63.4 Å². The van der Waals surface area contributed by atoms with Gasteiger partial charge in [-0.15, -0.1) is 0 Å². The molecule has 0 fully saturated rings. The molecule has 0 spiro atoms. The van der Waals surface area contributed by atoms with Gasteiger partial charge >= 0.3 is 0 Å². The molecule has 0 saturated carbocycles. The summed E-state index contributed by atoms with van der Waals surface area (Å²) in [7, 11) is 0. The van der Waals surface area contributed by atoms with Crippen molar-refractivity contribution in [2.45, 2.75) is 52.9 Å². The lowest BCUT2D eigenvalue weighted by Gasteiger charge is -2.23. The van der Waals surface area contributed by atoms with Gasteiger partial charge in [0.05, 0.1) is 6.61 Å². The van der Waals surface area contributed by atoms with E-state index in [1.54, 1.807) is 0 Å². The highest BCUT2D eigenvalue weighted by molar-refractivity contribution is 5.96. The molecule has 18 heavy (non-hydrogen) atoms. The number of ketones is 1. The summed E-state index contributed by atoms with van der Waals surface area (Å²) in [6.45, 7) is 11.1. The zero-order valence-electron chi connectivity index (χ0n) is 12.2. The topological polar surface area (TPSA) is 26.3 Å². The summed E-state index contributed by atoms with van der Waals surface area (Å²) in [4.78, 5) is 12.0. The lowest BCUT2D eigenvalue weighted by molar-refractivity contribution is 0.0981. The standard InChI is InChI=1S/C16H24O2/c1-6-8-14(17)12-9-10-15(18-7-2)13(11-12)16(3,4)5/h9-11H,6-8H2,1-5H3. The van der Waals surface area contributed by atoms with Gasteiger partial charge in [-0.05, 0) is 37.0 Å². The van der Waals surface area contributed by atoms with Crippen molar-refractivity contribution in [1.82, 2.24) is 0 Å². The molecule has 0 radical (unpaired) electrons. The van der Waals surface area contributed by atoms with Gasteiger partial charge in [0.1, 0.15) is 5.75 Å². The van der Waals surface area contributed by atoms with Crippen LogP contribution in [-0.4, -0.2) is 12.4 Å². The Morgan fingerprint density at radius 3 is 2.39 bits per heavy atom. The molecule has 0 aliphatic heterocycles. The second kappa shape index (κ2) is 6.03. The molecule has 1 aromatic rings. The molecule has 0 heterocycles. The molecule has 0 aromatic heterocycles. The van der Waals surface area contributed by atoms with Crippen LogP contribution in [0.25, 0.3) is 0 Å². The van der Waals surface area contributed by atoms with Crippen molar-refractivity contribution < 1.29 is 9.53 Å². The Morgan fingerprint density at radius 2 is 1.89 bits per heavy atom. The number of Topliss-reactive ketones (excluding diaryl/α,β-unsaturated/α-hetero) is 1. The molecule has 0 unspecified atom stereocenters. The summed E-state index contributed by atoms with van der Waals surface area (Å²) in [5.41, 5.74) is 1.88. The van der Waals surface area contributed by atoms with E-state index in [0.29, 0.717) is 13.0 Å². The molecule has 0 bridgehead atoms. The summed E-state index contributed by atoms with van der Waals surface area (Å²) >= 11 is 0. The SMILES string of the molecule is CCCC(=O)c1ccc(OCC)c(C(C)(C)C)c1. The zero-order chi connectivity index (χ0) is 13.8. The number of benzene rings is 1. The van der Waals surface area contributed by atoms with Crippen molar-refractivity contribution in [3.63, 3.8) is 0 Å². The fourth-order valence-corrected chi connectivity index (χ4v) is 1.94. The van der Waals surface area contributed by atoms with E-state index < -0.39 is 0 Å². The van der Waals surface area contributed by atoms with Crippen LogP contribution in [0.4, 0.5) is 0 Å². The first-order chi connectivity index (χ1) is 8.40. The molecule has 0 saturated heterocycles. The summed E-state index contributed by atoms with van der Waals surface area (Å²) in [6.07, 6.45) is 1.49. The van der Waals surface area contributed by atoms with Crippen LogP contribution in [0.15, 0.2) is 18.2 Å². The van der Waals surface area contributed by atoms with E-state index in [1.807, 2.05) is 32.0 Å². The molecular weight excluding hydrogens is 224 g/mol. The van der Waals surface area contributed by atoms with Crippen LogP contribution < -0.4 is 4.74 Å². The van der Waals surface area contributed by atoms with Gasteiger partial charge in [-0.25, -0.2) is 0 Å². The molecule has 1 aromatic carbocycles. The van der Waals surface area contributed by atoms with E-state index in [4.69, 9.17) is 4.74 Å². The van der Waals surface area contributed by atoms with E-state index in [2.05, 4.69) is 20.8 Å². The fraction of sp³-hybridized carbons (Fsp3) is 0.562. The smallest absolute Gasteiger partial charge is 0.162 e. The van der Waals surface area contributed by atoms with E-state index in [1.165, 1.54) is 0 Å². The van der Waals surface area contributed by atoms with Crippen molar-refractivity contribution in [1.29, 1.82) is 0 Å². The minimum atomic E-state index is -0.0208. The molecule has 1 rings (SSSR count). The number of carbonyl (C=O) groups excluding carboxylic acids is 1. The van der Waals surface area contributed by atoms with Gasteiger partial charge in [-0.3, -0.25) is 4.79 Å². The maximum Gasteiger partial charge on any atom is 0.162 e. The highest BCUT2D eigenvalue weighted by Crippen LogP contribution is 2.32.